The molecule has 0 aliphatic carbocycles. The van der Waals surface area contributed by atoms with E-state index in [1.807, 2.05) is 6.92 Å². The molecule has 0 aliphatic rings. The molecule has 0 spiro atoms. The van der Waals surface area contributed by atoms with Gasteiger partial charge in [0.15, 0.2) is 0 Å². The zero-order valence-corrected chi connectivity index (χ0v) is 7.67. The van der Waals surface area contributed by atoms with Crippen LogP contribution in [0.1, 0.15) is 19.8 Å². The number of carbonyl (C=O) groups excluding carboxylic acids is 1. The first-order valence-corrected chi connectivity index (χ1v) is 4.15. The van der Waals surface area contributed by atoms with Gasteiger partial charge in [-0.05, 0) is 12.8 Å². The Balaban J connectivity index is 3.50. The fourth-order valence-corrected chi connectivity index (χ4v) is 0.906. The van der Waals surface area contributed by atoms with Gasteiger partial charge in [-0.2, -0.15) is 0 Å². The summed E-state index contributed by atoms with van der Waals surface area (Å²) in [6.45, 7) is 2.37. The van der Waals surface area contributed by atoms with Crippen LogP contribution in [0.4, 0.5) is 0 Å². The highest BCUT2D eigenvalue weighted by molar-refractivity contribution is 5.71. The third-order valence-electron chi connectivity index (χ3n) is 1.73. The molecule has 1 unspecified atom stereocenters. The first-order valence-electron chi connectivity index (χ1n) is 4.15. The molecule has 0 saturated carbocycles. The van der Waals surface area contributed by atoms with E-state index in [4.69, 9.17) is 5.11 Å². The van der Waals surface area contributed by atoms with E-state index in [0.717, 1.165) is 6.42 Å². The molecule has 0 amide bonds. The second-order valence-corrected chi connectivity index (χ2v) is 2.57. The van der Waals surface area contributed by atoms with Crippen molar-refractivity contribution in [3.05, 3.63) is 0 Å². The van der Waals surface area contributed by atoms with Crippen LogP contribution in [0.5, 0.6) is 0 Å². The molecule has 0 radical (unpaired) electrons. The normalized spacial score (nSPS) is 12.6. The molecule has 72 valence electrons. The minimum absolute atomic E-state index is 0.146. The zero-order chi connectivity index (χ0) is 9.40. The molecule has 12 heavy (non-hydrogen) atoms. The molecule has 4 nitrogen and oxygen atoms in total. The molecule has 4 heteroatoms. The summed E-state index contributed by atoms with van der Waals surface area (Å²) in [6.07, 6.45) is 1.57. The predicted octanol–water partition coefficient (Wildman–Crippen LogP) is -0.0900. The summed E-state index contributed by atoms with van der Waals surface area (Å²) >= 11 is 0. The van der Waals surface area contributed by atoms with E-state index in [1.165, 1.54) is 7.11 Å². The van der Waals surface area contributed by atoms with Crippen molar-refractivity contribution in [2.24, 2.45) is 0 Å². The van der Waals surface area contributed by atoms with E-state index < -0.39 is 0 Å². The van der Waals surface area contributed by atoms with Crippen molar-refractivity contribution in [1.29, 1.82) is 0 Å². The average Bonchev–Trinajstić information content (AvgIpc) is 2.11. The predicted molar refractivity (Wildman–Crippen MR) is 45.8 cm³/mol. The molecule has 0 rings (SSSR count). The molecule has 0 aromatic rings. The lowest BCUT2D eigenvalue weighted by Gasteiger charge is -2.13. The van der Waals surface area contributed by atoms with Gasteiger partial charge in [-0.25, -0.2) is 0 Å². The third-order valence-corrected chi connectivity index (χ3v) is 1.73. The van der Waals surface area contributed by atoms with Crippen molar-refractivity contribution in [3.63, 3.8) is 0 Å². The van der Waals surface area contributed by atoms with Gasteiger partial charge in [0.25, 0.3) is 0 Å². The van der Waals surface area contributed by atoms with Crippen LogP contribution in [0, 0.1) is 0 Å². The molecule has 0 saturated heterocycles. The largest absolute Gasteiger partial charge is 0.468 e. The first-order chi connectivity index (χ1) is 5.74. The summed E-state index contributed by atoms with van der Waals surface area (Å²) in [4.78, 5) is 10.7. The van der Waals surface area contributed by atoms with Crippen molar-refractivity contribution in [2.45, 2.75) is 25.8 Å². The van der Waals surface area contributed by atoms with Crippen molar-refractivity contribution in [1.82, 2.24) is 5.32 Å². The summed E-state index contributed by atoms with van der Waals surface area (Å²) in [5, 5.41) is 11.6. The van der Waals surface area contributed by atoms with Gasteiger partial charge in [0.1, 0.15) is 0 Å². The molecular weight excluding hydrogens is 158 g/mol. The lowest BCUT2D eigenvalue weighted by atomic mass is 10.1. The quantitative estimate of drug-likeness (QED) is 0.554. The Bertz CT molecular complexity index is 127. The summed E-state index contributed by atoms with van der Waals surface area (Å²) in [7, 11) is 1.36. The van der Waals surface area contributed by atoms with Crippen LogP contribution in [-0.2, 0) is 9.53 Å². The number of ether oxygens (including phenoxy) is 1. The van der Waals surface area contributed by atoms with Crippen LogP contribution in [-0.4, -0.2) is 37.4 Å². The van der Waals surface area contributed by atoms with E-state index in [9.17, 15) is 4.79 Å². The number of hydrogen-bond acceptors (Lipinski definition) is 4. The van der Waals surface area contributed by atoms with Gasteiger partial charge >= 0.3 is 5.97 Å². The fourth-order valence-electron chi connectivity index (χ4n) is 0.906. The maximum Gasteiger partial charge on any atom is 0.319 e. The van der Waals surface area contributed by atoms with Crippen molar-refractivity contribution in [2.75, 3.05) is 20.3 Å². The second kappa shape index (κ2) is 7.06. The molecule has 1 atom stereocenters. The molecular formula is C8H17NO3. The lowest BCUT2D eigenvalue weighted by Crippen LogP contribution is -2.34. The summed E-state index contributed by atoms with van der Waals surface area (Å²) < 4.78 is 4.46. The number of methoxy groups -OCH3 is 1. The SMILES string of the molecule is CCC(CCO)NCC(=O)OC. The summed E-state index contributed by atoms with van der Waals surface area (Å²) in [6, 6.07) is 0.203. The maximum absolute atomic E-state index is 10.7. The van der Waals surface area contributed by atoms with Crippen LogP contribution >= 0.6 is 0 Å². The van der Waals surface area contributed by atoms with E-state index >= 15 is 0 Å². The van der Waals surface area contributed by atoms with Gasteiger partial charge in [-0.1, -0.05) is 6.92 Å². The van der Waals surface area contributed by atoms with E-state index in [1.54, 1.807) is 0 Å². The van der Waals surface area contributed by atoms with Crippen LogP contribution in [0.3, 0.4) is 0 Å². The molecule has 0 bridgehead atoms. The summed E-state index contributed by atoms with van der Waals surface area (Å²) in [5.41, 5.74) is 0. The number of carbonyl (C=O) groups is 1. The highest BCUT2D eigenvalue weighted by atomic mass is 16.5. The molecule has 0 fully saturated rings. The monoisotopic (exact) mass is 175 g/mol. The number of nitrogens with one attached hydrogen (secondary N) is 1. The van der Waals surface area contributed by atoms with Crippen molar-refractivity contribution in [3.8, 4) is 0 Å². The maximum atomic E-state index is 10.7. The van der Waals surface area contributed by atoms with Crippen LogP contribution in [0.2, 0.25) is 0 Å². The zero-order valence-electron chi connectivity index (χ0n) is 7.67. The van der Waals surface area contributed by atoms with Gasteiger partial charge in [0.2, 0.25) is 0 Å². The lowest BCUT2D eigenvalue weighted by molar-refractivity contribution is -0.139. The fraction of sp³-hybridized carbons (Fsp3) is 0.875. The number of aliphatic hydroxyl groups is 1. The smallest absolute Gasteiger partial charge is 0.319 e. The van der Waals surface area contributed by atoms with Crippen LogP contribution < -0.4 is 5.32 Å². The third kappa shape index (κ3) is 5.09. The Morgan fingerprint density at radius 2 is 2.33 bits per heavy atom. The molecule has 0 aliphatic heterocycles. The molecule has 0 heterocycles. The van der Waals surface area contributed by atoms with Crippen LogP contribution in [0.25, 0.3) is 0 Å². The molecule has 0 aromatic carbocycles. The molecule has 2 N–H and O–H groups in total. The van der Waals surface area contributed by atoms with E-state index in [-0.39, 0.29) is 25.2 Å². The average molecular weight is 175 g/mol. The van der Waals surface area contributed by atoms with Crippen molar-refractivity contribution < 1.29 is 14.6 Å². The van der Waals surface area contributed by atoms with Crippen molar-refractivity contribution >= 4 is 5.97 Å². The van der Waals surface area contributed by atoms with Gasteiger partial charge in [0, 0.05) is 12.6 Å². The van der Waals surface area contributed by atoms with Crippen LogP contribution in [0.15, 0.2) is 0 Å². The Morgan fingerprint density at radius 1 is 1.67 bits per heavy atom. The number of rotatable bonds is 6. The highest BCUT2D eigenvalue weighted by Crippen LogP contribution is 1.95. The Labute approximate surface area is 72.9 Å². The highest BCUT2D eigenvalue weighted by Gasteiger charge is 2.06. The van der Waals surface area contributed by atoms with Gasteiger partial charge < -0.3 is 15.2 Å². The Kier molecular flexibility index (Phi) is 6.70. The Morgan fingerprint density at radius 3 is 2.75 bits per heavy atom. The second-order valence-electron chi connectivity index (χ2n) is 2.57. The number of aliphatic hydroxyl groups excluding tert-OH is 1. The minimum Gasteiger partial charge on any atom is -0.468 e. The minimum atomic E-state index is -0.272. The number of esters is 1. The van der Waals surface area contributed by atoms with Gasteiger partial charge in [-0.3, -0.25) is 4.79 Å². The van der Waals surface area contributed by atoms with E-state index in [0.29, 0.717) is 6.42 Å². The molecule has 0 aromatic heterocycles. The van der Waals surface area contributed by atoms with Gasteiger partial charge in [0.05, 0.1) is 13.7 Å². The standard InChI is InChI=1S/C8H17NO3/c1-3-7(4-5-10)9-6-8(11)12-2/h7,9-10H,3-6H2,1-2H3. The Hall–Kier alpha value is -0.610. The first kappa shape index (κ1) is 11.4. The van der Waals surface area contributed by atoms with E-state index in [2.05, 4.69) is 10.1 Å². The van der Waals surface area contributed by atoms with Gasteiger partial charge in [-0.15, -0.1) is 0 Å². The summed E-state index contributed by atoms with van der Waals surface area (Å²) in [5.74, 6) is -0.272. The topological polar surface area (TPSA) is 58.6 Å². The number of hydrogen-bond donors (Lipinski definition) is 2.